The Labute approximate surface area is 224 Å². The van der Waals surface area contributed by atoms with Crippen molar-refractivity contribution in [3.8, 4) is 17.2 Å². The third kappa shape index (κ3) is 6.51. The van der Waals surface area contributed by atoms with E-state index in [1.807, 2.05) is 32.3 Å². The Morgan fingerprint density at radius 1 is 1.08 bits per heavy atom. The maximum Gasteiger partial charge on any atom is 0.416 e. The minimum Gasteiger partial charge on any atom is -0.493 e. The molecule has 7 nitrogen and oxygen atoms in total. The van der Waals surface area contributed by atoms with Crippen molar-refractivity contribution in [2.75, 3.05) is 34.4 Å². The number of benzene rings is 3. The average Bonchev–Trinajstić information content (AvgIpc) is 3.33. The van der Waals surface area contributed by atoms with Crippen LogP contribution in [0.1, 0.15) is 40.9 Å². The lowest BCUT2D eigenvalue weighted by Gasteiger charge is -2.21. The fraction of sp³-hybridized carbons (Fsp3) is 0.310. The van der Waals surface area contributed by atoms with Gasteiger partial charge >= 0.3 is 12.1 Å². The van der Waals surface area contributed by atoms with E-state index in [1.165, 1.54) is 38.3 Å². The van der Waals surface area contributed by atoms with Gasteiger partial charge < -0.3 is 19.1 Å². The number of nitrogens with zero attached hydrogens (tertiary/aromatic N) is 3. The maximum atomic E-state index is 13.6. The van der Waals surface area contributed by atoms with Gasteiger partial charge in [0.2, 0.25) is 0 Å². The van der Waals surface area contributed by atoms with Gasteiger partial charge in [0.1, 0.15) is 29.5 Å². The second-order valence-corrected chi connectivity index (χ2v) is 9.29. The summed E-state index contributed by atoms with van der Waals surface area (Å²) in [5, 5.41) is 0. The number of alkyl halides is 3. The Hall–Kier alpha value is -4.05. The molecule has 1 aromatic heterocycles. The predicted molar refractivity (Wildman–Crippen MR) is 142 cm³/mol. The second kappa shape index (κ2) is 11.8. The first-order valence-electron chi connectivity index (χ1n) is 12.4. The van der Waals surface area contributed by atoms with Crippen molar-refractivity contribution in [2.24, 2.45) is 0 Å². The zero-order chi connectivity index (χ0) is 28.2. The number of halogens is 3. The molecule has 0 spiro atoms. The van der Waals surface area contributed by atoms with Gasteiger partial charge in [-0.05, 0) is 57.8 Å². The van der Waals surface area contributed by atoms with Crippen LogP contribution in [0.15, 0.2) is 67.0 Å². The van der Waals surface area contributed by atoms with Crippen molar-refractivity contribution in [1.82, 2.24) is 14.5 Å². The molecule has 4 rings (SSSR count). The van der Waals surface area contributed by atoms with E-state index in [4.69, 9.17) is 14.2 Å². The molecule has 0 radical (unpaired) electrons. The molecule has 0 amide bonds. The van der Waals surface area contributed by atoms with Crippen LogP contribution in [0.4, 0.5) is 13.2 Å². The van der Waals surface area contributed by atoms with E-state index >= 15 is 0 Å². The van der Waals surface area contributed by atoms with Crippen molar-refractivity contribution >= 4 is 17.0 Å². The number of fused-ring (bicyclic) bond motifs is 1. The molecule has 0 fully saturated rings. The first-order valence-corrected chi connectivity index (χ1v) is 12.4. The average molecular weight is 542 g/mol. The van der Waals surface area contributed by atoms with Crippen LogP contribution in [-0.4, -0.2) is 54.8 Å². The Bertz CT molecular complexity index is 1450. The molecular weight excluding hydrogens is 511 g/mol. The van der Waals surface area contributed by atoms with E-state index in [0.717, 1.165) is 24.5 Å². The van der Waals surface area contributed by atoms with Gasteiger partial charge in [-0.25, -0.2) is 9.78 Å². The van der Waals surface area contributed by atoms with Gasteiger partial charge in [-0.15, -0.1) is 0 Å². The molecule has 1 atom stereocenters. The summed E-state index contributed by atoms with van der Waals surface area (Å²) in [6.45, 7) is 3.00. The number of carbonyl (C=O) groups excluding carboxylic acids is 1. The SMILES string of the molecule is COC(=O)c1ccc(-n2cnc3cc(OCCCN(C)C)ccc32)cc1OC(C)c1ccccc1C(F)(F)F. The first kappa shape index (κ1) is 28.0. The number of rotatable bonds is 10. The third-order valence-electron chi connectivity index (χ3n) is 6.19. The van der Waals surface area contributed by atoms with Crippen LogP contribution in [-0.2, 0) is 10.9 Å². The Morgan fingerprint density at radius 3 is 2.56 bits per heavy atom. The van der Waals surface area contributed by atoms with Gasteiger partial charge in [0.05, 0.1) is 36.0 Å². The lowest BCUT2D eigenvalue weighted by molar-refractivity contribution is -0.139. The Morgan fingerprint density at radius 2 is 1.85 bits per heavy atom. The third-order valence-corrected chi connectivity index (χ3v) is 6.19. The van der Waals surface area contributed by atoms with Crippen LogP contribution in [0, 0.1) is 0 Å². The Balaban J connectivity index is 1.64. The monoisotopic (exact) mass is 541 g/mol. The minimum atomic E-state index is -4.55. The summed E-state index contributed by atoms with van der Waals surface area (Å²) in [7, 11) is 5.25. The van der Waals surface area contributed by atoms with E-state index < -0.39 is 23.8 Å². The van der Waals surface area contributed by atoms with E-state index in [9.17, 15) is 18.0 Å². The molecule has 0 saturated heterocycles. The molecule has 1 heterocycles. The van der Waals surface area contributed by atoms with Crippen LogP contribution in [0.25, 0.3) is 16.7 Å². The summed E-state index contributed by atoms with van der Waals surface area (Å²) >= 11 is 0. The van der Waals surface area contributed by atoms with Crippen molar-refractivity contribution in [3.05, 3.63) is 83.7 Å². The van der Waals surface area contributed by atoms with E-state index in [-0.39, 0.29) is 16.9 Å². The van der Waals surface area contributed by atoms with Crippen LogP contribution in [0.5, 0.6) is 11.5 Å². The minimum absolute atomic E-state index is 0.0441. The molecule has 0 aliphatic rings. The molecule has 39 heavy (non-hydrogen) atoms. The van der Waals surface area contributed by atoms with Gasteiger partial charge in [-0.3, -0.25) is 4.57 Å². The number of aromatic nitrogens is 2. The summed E-state index contributed by atoms with van der Waals surface area (Å²) < 4.78 is 59.3. The highest BCUT2D eigenvalue weighted by Crippen LogP contribution is 2.37. The zero-order valence-electron chi connectivity index (χ0n) is 22.2. The highest BCUT2D eigenvalue weighted by Gasteiger charge is 2.35. The molecule has 0 saturated carbocycles. The summed E-state index contributed by atoms with van der Waals surface area (Å²) in [6.07, 6.45) is -3.04. The summed E-state index contributed by atoms with van der Waals surface area (Å²) in [6, 6.07) is 15.6. The molecule has 0 aliphatic carbocycles. The highest BCUT2D eigenvalue weighted by atomic mass is 19.4. The summed E-state index contributed by atoms with van der Waals surface area (Å²) in [5.41, 5.74) is 1.34. The number of hydrogen-bond acceptors (Lipinski definition) is 6. The summed E-state index contributed by atoms with van der Waals surface area (Å²) in [5.74, 6) is 0.125. The van der Waals surface area contributed by atoms with Crippen molar-refractivity contribution in [1.29, 1.82) is 0 Å². The van der Waals surface area contributed by atoms with Gasteiger partial charge in [0.25, 0.3) is 0 Å². The molecular formula is C29H30F3N3O4. The first-order chi connectivity index (χ1) is 18.6. The smallest absolute Gasteiger partial charge is 0.416 e. The van der Waals surface area contributed by atoms with Crippen LogP contribution in [0.2, 0.25) is 0 Å². The Kier molecular flexibility index (Phi) is 8.44. The van der Waals surface area contributed by atoms with Gasteiger partial charge in [0, 0.05) is 24.2 Å². The zero-order valence-corrected chi connectivity index (χ0v) is 22.2. The maximum absolute atomic E-state index is 13.6. The number of hydrogen-bond donors (Lipinski definition) is 0. The predicted octanol–water partition coefficient (Wildman–Crippen LogP) is 6.30. The van der Waals surface area contributed by atoms with Crippen molar-refractivity contribution in [2.45, 2.75) is 25.6 Å². The molecule has 206 valence electrons. The number of imidazole rings is 1. The quantitative estimate of drug-likeness (QED) is 0.173. The summed E-state index contributed by atoms with van der Waals surface area (Å²) in [4.78, 5) is 19.0. The van der Waals surface area contributed by atoms with E-state index in [2.05, 4.69) is 9.88 Å². The van der Waals surface area contributed by atoms with Gasteiger partial charge in [-0.1, -0.05) is 18.2 Å². The number of methoxy groups -OCH3 is 1. The molecule has 3 aromatic carbocycles. The lowest BCUT2D eigenvalue weighted by Crippen LogP contribution is -2.15. The molecule has 10 heteroatoms. The second-order valence-electron chi connectivity index (χ2n) is 9.29. The van der Waals surface area contributed by atoms with E-state index in [1.54, 1.807) is 23.0 Å². The van der Waals surface area contributed by atoms with E-state index in [0.29, 0.717) is 23.6 Å². The van der Waals surface area contributed by atoms with Crippen LogP contribution >= 0.6 is 0 Å². The van der Waals surface area contributed by atoms with Crippen LogP contribution < -0.4 is 9.47 Å². The largest absolute Gasteiger partial charge is 0.493 e. The molecule has 0 aliphatic heterocycles. The van der Waals surface area contributed by atoms with Crippen molar-refractivity contribution in [3.63, 3.8) is 0 Å². The molecule has 1 unspecified atom stereocenters. The molecule has 4 aromatic rings. The fourth-order valence-electron chi connectivity index (χ4n) is 4.26. The number of esters is 1. The van der Waals surface area contributed by atoms with Crippen molar-refractivity contribution < 1.29 is 32.2 Å². The molecule has 0 N–H and O–H groups in total. The van der Waals surface area contributed by atoms with Crippen LogP contribution in [0.3, 0.4) is 0 Å². The highest BCUT2D eigenvalue weighted by molar-refractivity contribution is 5.93. The number of carbonyl (C=O) groups is 1. The number of ether oxygens (including phenoxy) is 3. The van der Waals surface area contributed by atoms with Gasteiger partial charge in [-0.2, -0.15) is 13.2 Å². The van der Waals surface area contributed by atoms with Gasteiger partial charge in [0.15, 0.2) is 0 Å². The fourth-order valence-corrected chi connectivity index (χ4v) is 4.26. The molecule has 0 bridgehead atoms. The normalized spacial score (nSPS) is 12.5. The standard InChI is InChI=1S/C29H30F3N3O4/c1-19(22-8-5-6-9-24(22)29(30,31)32)39-27-16-20(10-12-23(27)28(36)37-4)35-18-33-25-17-21(11-13-26(25)35)38-15-7-14-34(2)3/h5-6,8-13,16-19H,7,14-15H2,1-4H3. The lowest BCUT2D eigenvalue weighted by atomic mass is 10.0. The topological polar surface area (TPSA) is 65.8 Å².